The monoisotopic (exact) mass is 181 g/mol. The van der Waals surface area contributed by atoms with Crippen LogP contribution in [0.1, 0.15) is 17.8 Å². The van der Waals surface area contributed by atoms with Crippen LogP contribution in [0.15, 0.2) is 12.7 Å². The van der Waals surface area contributed by atoms with E-state index in [9.17, 15) is 0 Å². The molecule has 0 saturated carbocycles. The van der Waals surface area contributed by atoms with E-state index < -0.39 is 0 Å². The van der Waals surface area contributed by atoms with Crippen molar-refractivity contribution >= 4 is 0 Å². The number of nitrogens with zero attached hydrogens (tertiary/aromatic N) is 3. The Bertz CT molecular complexity index is 280. The SMILES string of the molecule is C=CCn1nnc(CCCO)c1C. The number of rotatable bonds is 5. The standard InChI is InChI=1S/C9H15N3O/c1-3-6-12-8(2)9(10-11-12)5-4-7-13/h3,13H,1,4-7H2,2H3. The smallest absolute Gasteiger partial charge is 0.0857 e. The van der Waals surface area contributed by atoms with Crippen molar-refractivity contribution in [3.05, 3.63) is 24.0 Å². The Kier molecular flexibility index (Phi) is 3.64. The summed E-state index contributed by atoms with van der Waals surface area (Å²) < 4.78 is 1.81. The van der Waals surface area contributed by atoms with Crippen molar-refractivity contribution in [3.8, 4) is 0 Å². The first-order valence-corrected chi connectivity index (χ1v) is 4.40. The van der Waals surface area contributed by atoms with E-state index in [1.807, 2.05) is 6.92 Å². The lowest BCUT2D eigenvalue weighted by atomic mass is 10.2. The van der Waals surface area contributed by atoms with Crippen LogP contribution in [0.5, 0.6) is 0 Å². The number of hydrogen-bond donors (Lipinski definition) is 1. The number of hydrogen-bond acceptors (Lipinski definition) is 3. The molecule has 0 spiro atoms. The summed E-state index contributed by atoms with van der Waals surface area (Å²) in [5, 5.41) is 16.7. The van der Waals surface area contributed by atoms with Gasteiger partial charge in [0.25, 0.3) is 0 Å². The van der Waals surface area contributed by atoms with Crippen LogP contribution in [0.2, 0.25) is 0 Å². The molecular weight excluding hydrogens is 166 g/mol. The van der Waals surface area contributed by atoms with Gasteiger partial charge in [0.1, 0.15) is 0 Å². The van der Waals surface area contributed by atoms with Crippen molar-refractivity contribution in [3.63, 3.8) is 0 Å². The average molecular weight is 181 g/mol. The first-order chi connectivity index (χ1) is 6.29. The molecule has 0 atom stereocenters. The van der Waals surface area contributed by atoms with E-state index in [-0.39, 0.29) is 6.61 Å². The van der Waals surface area contributed by atoms with E-state index in [2.05, 4.69) is 16.9 Å². The van der Waals surface area contributed by atoms with E-state index in [4.69, 9.17) is 5.11 Å². The first kappa shape index (κ1) is 9.92. The highest BCUT2D eigenvalue weighted by Crippen LogP contribution is 2.05. The Morgan fingerprint density at radius 2 is 2.38 bits per heavy atom. The van der Waals surface area contributed by atoms with Crippen molar-refractivity contribution < 1.29 is 5.11 Å². The molecule has 0 aliphatic heterocycles. The quantitative estimate of drug-likeness (QED) is 0.680. The molecule has 0 unspecified atom stereocenters. The summed E-state index contributed by atoms with van der Waals surface area (Å²) in [5.74, 6) is 0. The second-order valence-corrected chi connectivity index (χ2v) is 2.92. The van der Waals surface area contributed by atoms with E-state index in [1.165, 1.54) is 0 Å². The number of aliphatic hydroxyl groups is 1. The zero-order valence-corrected chi connectivity index (χ0v) is 7.90. The minimum Gasteiger partial charge on any atom is -0.396 e. The van der Waals surface area contributed by atoms with Gasteiger partial charge in [0.2, 0.25) is 0 Å². The van der Waals surface area contributed by atoms with E-state index in [0.29, 0.717) is 6.54 Å². The second-order valence-electron chi connectivity index (χ2n) is 2.92. The van der Waals surface area contributed by atoms with E-state index in [0.717, 1.165) is 24.2 Å². The molecule has 1 aromatic heterocycles. The molecule has 1 rings (SSSR count). The zero-order chi connectivity index (χ0) is 9.68. The normalized spacial score (nSPS) is 10.3. The lowest BCUT2D eigenvalue weighted by Crippen LogP contribution is -2.00. The molecule has 1 N–H and O–H groups in total. The summed E-state index contributed by atoms with van der Waals surface area (Å²) >= 11 is 0. The van der Waals surface area contributed by atoms with Gasteiger partial charge >= 0.3 is 0 Å². The Hall–Kier alpha value is -1.16. The summed E-state index contributed by atoms with van der Waals surface area (Å²) in [6.45, 7) is 6.52. The first-order valence-electron chi connectivity index (χ1n) is 4.40. The number of allylic oxidation sites excluding steroid dienone is 1. The molecule has 4 nitrogen and oxygen atoms in total. The molecule has 0 bridgehead atoms. The van der Waals surface area contributed by atoms with E-state index in [1.54, 1.807) is 10.8 Å². The van der Waals surface area contributed by atoms with Crippen LogP contribution in [-0.4, -0.2) is 26.7 Å². The Morgan fingerprint density at radius 1 is 1.62 bits per heavy atom. The molecule has 13 heavy (non-hydrogen) atoms. The van der Waals surface area contributed by atoms with Crippen molar-refractivity contribution in [2.45, 2.75) is 26.3 Å². The molecule has 1 aromatic rings. The predicted molar refractivity (Wildman–Crippen MR) is 50.4 cm³/mol. The Morgan fingerprint density at radius 3 is 3.00 bits per heavy atom. The minimum atomic E-state index is 0.202. The van der Waals surface area contributed by atoms with Crippen LogP contribution in [0.4, 0.5) is 0 Å². The highest BCUT2D eigenvalue weighted by atomic mass is 16.2. The van der Waals surface area contributed by atoms with Gasteiger partial charge in [-0.2, -0.15) is 0 Å². The van der Waals surface area contributed by atoms with Gasteiger partial charge in [0.05, 0.1) is 17.9 Å². The van der Waals surface area contributed by atoms with Gasteiger partial charge in [-0.1, -0.05) is 11.3 Å². The minimum absolute atomic E-state index is 0.202. The summed E-state index contributed by atoms with van der Waals surface area (Å²) in [6.07, 6.45) is 3.32. The second kappa shape index (κ2) is 4.77. The third kappa shape index (κ3) is 2.39. The van der Waals surface area contributed by atoms with Gasteiger partial charge in [0.15, 0.2) is 0 Å². The third-order valence-electron chi connectivity index (χ3n) is 1.95. The highest BCUT2D eigenvalue weighted by molar-refractivity contribution is 5.08. The Labute approximate surface area is 77.9 Å². The van der Waals surface area contributed by atoms with Crippen LogP contribution in [0, 0.1) is 6.92 Å². The zero-order valence-electron chi connectivity index (χ0n) is 7.90. The van der Waals surface area contributed by atoms with Gasteiger partial charge in [-0.25, -0.2) is 4.68 Å². The molecule has 0 saturated heterocycles. The van der Waals surface area contributed by atoms with Crippen LogP contribution >= 0.6 is 0 Å². The lowest BCUT2D eigenvalue weighted by Gasteiger charge is -1.98. The molecule has 0 aliphatic rings. The van der Waals surface area contributed by atoms with Crippen LogP contribution in [-0.2, 0) is 13.0 Å². The van der Waals surface area contributed by atoms with Crippen LogP contribution in [0.25, 0.3) is 0 Å². The summed E-state index contributed by atoms with van der Waals surface area (Å²) in [6, 6.07) is 0. The van der Waals surface area contributed by atoms with Gasteiger partial charge in [-0.3, -0.25) is 0 Å². The number of aryl methyl sites for hydroxylation is 1. The van der Waals surface area contributed by atoms with Crippen LogP contribution in [0.3, 0.4) is 0 Å². The maximum atomic E-state index is 8.66. The number of aromatic nitrogens is 3. The lowest BCUT2D eigenvalue weighted by molar-refractivity contribution is 0.288. The summed E-state index contributed by atoms with van der Waals surface area (Å²) in [5.41, 5.74) is 2.03. The highest BCUT2D eigenvalue weighted by Gasteiger charge is 2.05. The molecule has 4 heteroatoms. The van der Waals surface area contributed by atoms with Crippen molar-refractivity contribution in [1.82, 2.24) is 15.0 Å². The summed E-state index contributed by atoms with van der Waals surface area (Å²) in [7, 11) is 0. The molecule has 1 heterocycles. The largest absolute Gasteiger partial charge is 0.396 e. The molecule has 72 valence electrons. The maximum absolute atomic E-state index is 8.66. The number of aliphatic hydroxyl groups excluding tert-OH is 1. The van der Waals surface area contributed by atoms with Gasteiger partial charge in [0, 0.05) is 6.61 Å². The predicted octanol–water partition coefficient (Wildman–Crippen LogP) is 0.697. The fourth-order valence-electron chi connectivity index (χ4n) is 1.17. The van der Waals surface area contributed by atoms with Crippen LogP contribution < -0.4 is 0 Å². The van der Waals surface area contributed by atoms with Crippen molar-refractivity contribution in [2.24, 2.45) is 0 Å². The molecular formula is C9H15N3O. The average Bonchev–Trinajstić information content (AvgIpc) is 2.46. The molecule has 0 amide bonds. The van der Waals surface area contributed by atoms with Gasteiger partial charge in [-0.15, -0.1) is 11.7 Å². The molecule has 0 fully saturated rings. The van der Waals surface area contributed by atoms with Crippen molar-refractivity contribution in [2.75, 3.05) is 6.61 Å². The van der Waals surface area contributed by atoms with Gasteiger partial charge < -0.3 is 5.11 Å². The molecule has 0 radical (unpaired) electrons. The van der Waals surface area contributed by atoms with Gasteiger partial charge in [-0.05, 0) is 19.8 Å². The topological polar surface area (TPSA) is 50.9 Å². The van der Waals surface area contributed by atoms with Crippen molar-refractivity contribution in [1.29, 1.82) is 0 Å². The summed E-state index contributed by atoms with van der Waals surface area (Å²) in [4.78, 5) is 0. The maximum Gasteiger partial charge on any atom is 0.0857 e. The molecule has 0 aromatic carbocycles. The third-order valence-corrected chi connectivity index (χ3v) is 1.95. The fourth-order valence-corrected chi connectivity index (χ4v) is 1.17. The van der Waals surface area contributed by atoms with E-state index >= 15 is 0 Å². The fraction of sp³-hybridized carbons (Fsp3) is 0.556. The molecule has 0 aliphatic carbocycles. The Balaban J connectivity index is 2.68.